The SMILES string of the molecule is CC(NC(=O)NC1CCN(C(=O)c2ccoc2)CC1)c1ccc(F)cc1F. The number of halogens is 2. The molecule has 0 bridgehead atoms. The van der Waals surface area contributed by atoms with Gasteiger partial charge in [-0.05, 0) is 31.9 Å². The van der Waals surface area contributed by atoms with Crippen molar-refractivity contribution in [2.24, 2.45) is 0 Å². The molecule has 2 heterocycles. The maximum atomic E-state index is 13.8. The number of rotatable bonds is 4. The topological polar surface area (TPSA) is 74.6 Å². The van der Waals surface area contributed by atoms with E-state index in [0.717, 1.165) is 12.1 Å². The predicted octanol–water partition coefficient (Wildman–Crippen LogP) is 3.22. The molecule has 6 nitrogen and oxygen atoms in total. The second-order valence-electron chi connectivity index (χ2n) is 6.58. The van der Waals surface area contributed by atoms with Crippen molar-refractivity contribution in [1.82, 2.24) is 15.5 Å². The molecule has 1 saturated heterocycles. The largest absolute Gasteiger partial charge is 0.472 e. The maximum absolute atomic E-state index is 13.8. The molecule has 1 fully saturated rings. The summed E-state index contributed by atoms with van der Waals surface area (Å²) in [6.07, 6.45) is 4.11. The number of likely N-dealkylation sites (tertiary alicyclic amines) is 1. The monoisotopic (exact) mass is 377 g/mol. The summed E-state index contributed by atoms with van der Waals surface area (Å²) in [6.45, 7) is 2.68. The van der Waals surface area contributed by atoms with E-state index < -0.39 is 23.7 Å². The van der Waals surface area contributed by atoms with Crippen molar-refractivity contribution in [3.63, 3.8) is 0 Å². The summed E-state index contributed by atoms with van der Waals surface area (Å²) >= 11 is 0. The van der Waals surface area contributed by atoms with Crippen LogP contribution < -0.4 is 10.6 Å². The van der Waals surface area contributed by atoms with Gasteiger partial charge in [0, 0.05) is 30.8 Å². The molecule has 1 unspecified atom stereocenters. The van der Waals surface area contributed by atoms with E-state index in [-0.39, 0.29) is 17.5 Å². The summed E-state index contributed by atoms with van der Waals surface area (Å²) in [5, 5.41) is 5.50. The third-order valence-corrected chi connectivity index (χ3v) is 4.66. The summed E-state index contributed by atoms with van der Waals surface area (Å²) in [4.78, 5) is 26.1. The number of hydrogen-bond donors (Lipinski definition) is 2. The molecule has 144 valence electrons. The molecule has 2 N–H and O–H groups in total. The Bertz CT molecular complexity index is 803. The van der Waals surface area contributed by atoms with Gasteiger partial charge in [0.1, 0.15) is 17.9 Å². The van der Waals surface area contributed by atoms with Crippen LogP contribution >= 0.6 is 0 Å². The summed E-state index contributed by atoms with van der Waals surface area (Å²) < 4.78 is 31.7. The Morgan fingerprint density at radius 3 is 2.59 bits per heavy atom. The summed E-state index contributed by atoms with van der Waals surface area (Å²) in [5.41, 5.74) is 0.723. The predicted molar refractivity (Wildman–Crippen MR) is 94.1 cm³/mol. The molecule has 0 aliphatic carbocycles. The first-order valence-electron chi connectivity index (χ1n) is 8.77. The Labute approximate surface area is 155 Å². The van der Waals surface area contributed by atoms with E-state index in [1.165, 1.54) is 18.6 Å². The third kappa shape index (κ3) is 4.64. The van der Waals surface area contributed by atoms with Gasteiger partial charge in [-0.1, -0.05) is 6.07 Å². The van der Waals surface area contributed by atoms with Gasteiger partial charge in [0.2, 0.25) is 0 Å². The zero-order chi connectivity index (χ0) is 19.4. The van der Waals surface area contributed by atoms with E-state index in [9.17, 15) is 18.4 Å². The van der Waals surface area contributed by atoms with Crippen LogP contribution in [0.25, 0.3) is 0 Å². The molecule has 1 aromatic heterocycles. The molecule has 1 aliphatic rings. The van der Waals surface area contributed by atoms with Gasteiger partial charge in [-0.15, -0.1) is 0 Å². The fourth-order valence-corrected chi connectivity index (χ4v) is 3.15. The van der Waals surface area contributed by atoms with Crippen molar-refractivity contribution in [3.05, 3.63) is 59.6 Å². The lowest BCUT2D eigenvalue weighted by Gasteiger charge is -2.32. The van der Waals surface area contributed by atoms with Crippen LogP contribution in [0.1, 0.15) is 41.7 Å². The summed E-state index contributed by atoms with van der Waals surface area (Å²) in [6, 6.07) is 3.77. The van der Waals surface area contributed by atoms with Gasteiger partial charge in [-0.25, -0.2) is 13.6 Å². The van der Waals surface area contributed by atoms with Crippen LogP contribution in [0.2, 0.25) is 0 Å². The highest BCUT2D eigenvalue weighted by Gasteiger charge is 2.25. The number of carbonyl (C=O) groups excluding carboxylic acids is 2. The van der Waals surface area contributed by atoms with Crippen LogP contribution in [0, 0.1) is 11.6 Å². The zero-order valence-corrected chi connectivity index (χ0v) is 14.9. The van der Waals surface area contributed by atoms with Crippen molar-refractivity contribution in [2.75, 3.05) is 13.1 Å². The van der Waals surface area contributed by atoms with Crippen molar-refractivity contribution in [3.8, 4) is 0 Å². The van der Waals surface area contributed by atoms with Crippen molar-refractivity contribution in [1.29, 1.82) is 0 Å². The van der Waals surface area contributed by atoms with Gasteiger partial charge < -0.3 is 20.0 Å². The van der Waals surface area contributed by atoms with Crippen LogP contribution in [0.5, 0.6) is 0 Å². The van der Waals surface area contributed by atoms with Gasteiger partial charge >= 0.3 is 6.03 Å². The number of hydrogen-bond acceptors (Lipinski definition) is 3. The van der Waals surface area contributed by atoms with E-state index in [4.69, 9.17) is 4.42 Å². The smallest absolute Gasteiger partial charge is 0.315 e. The first-order chi connectivity index (χ1) is 12.9. The van der Waals surface area contributed by atoms with Gasteiger partial charge in [0.25, 0.3) is 5.91 Å². The lowest BCUT2D eigenvalue weighted by Crippen LogP contribution is -2.49. The van der Waals surface area contributed by atoms with E-state index in [2.05, 4.69) is 10.6 Å². The first kappa shape index (κ1) is 18.9. The second kappa shape index (κ2) is 8.20. The Kier molecular flexibility index (Phi) is 5.73. The average molecular weight is 377 g/mol. The van der Waals surface area contributed by atoms with Gasteiger partial charge in [0.15, 0.2) is 0 Å². The Morgan fingerprint density at radius 2 is 1.96 bits per heavy atom. The van der Waals surface area contributed by atoms with Crippen LogP contribution in [0.3, 0.4) is 0 Å². The minimum Gasteiger partial charge on any atom is -0.472 e. The van der Waals surface area contributed by atoms with Gasteiger partial charge in [-0.3, -0.25) is 4.79 Å². The van der Waals surface area contributed by atoms with Crippen LogP contribution in [0.4, 0.5) is 13.6 Å². The Balaban J connectivity index is 1.47. The molecule has 0 radical (unpaired) electrons. The molecule has 0 spiro atoms. The fourth-order valence-electron chi connectivity index (χ4n) is 3.15. The molecule has 3 rings (SSSR count). The quantitative estimate of drug-likeness (QED) is 0.859. The highest BCUT2D eigenvalue weighted by Crippen LogP contribution is 2.18. The van der Waals surface area contributed by atoms with Crippen molar-refractivity contribution in [2.45, 2.75) is 31.8 Å². The van der Waals surface area contributed by atoms with E-state index >= 15 is 0 Å². The Morgan fingerprint density at radius 1 is 1.22 bits per heavy atom. The number of nitrogens with zero attached hydrogens (tertiary/aromatic N) is 1. The lowest BCUT2D eigenvalue weighted by molar-refractivity contribution is 0.0707. The van der Waals surface area contributed by atoms with Gasteiger partial charge in [-0.2, -0.15) is 0 Å². The average Bonchev–Trinajstić information content (AvgIpc) is 3.16. The third-order valence-electron chi connectivity index (χ3n) is 4.66. The van der Waals surface area contributed by atoms with Crippen LogP contribution in [0.15, 0.2) is 41.2 Å². The van der Waals surface area contributed by atoms with Crippen LogP contribution in [-0.2, 0) is 0 Å². The van der Waals surface area contributed by atoms with Gasteiger partial charge in [0.05, 0.1) is 17.9 Å². The molecule has 1 aliphatic heterocycles. The first-order valence-corrected chi connectivity index (χ1v) is 8.77. The number of urea groups is 1. The molecule has 27 heavy (non-hydrogen) atoms. The van der Waals surface area contributed by atoms with Crippen LogP contribution in [-0.4, -0.2) is 36.0 Å². The summed E-state index contributed by atoms with van der Waals surface area (Å²) in [5.74, 6) is -1.45. The lowest BCUT2D eigenvalue weighted by atomic mass is 10.0. The zero-order valence-electron chi connectivity index (χ0n) is 14.9. The van der Waals surface area contributed by atoms with Crippen molar-refractivity contribution < 1.29 is 22.8 Å². The molecule has 3 amide bonds. The van der Waals surface area contributed by atoms with E-state index in [1.54, 1.807) is 17.9 Å². The summed E-state index contributed by atoms with van der Waals surface area (Å²) in [7, 11) is 0. The highest BCUT2D eigenvalue weighted by atomic mass is 19.1. The van der Waals surface area contributed by atoms with E-state index in [1.807, 2.05) is 0 Å². The molecule has 1 aromatic carbocycles. The fraction of sp³-hybridized carbons (Fsp3) is 0.368. The minimum atomic E-state index is -0.700. The van der Waals surface area contributed by atoms with Crippen molar-refractivity contribution >= 4 is 11.9 Å². The maximum Gasteiger partial charge on any atom is 0.315 e. The molecule has 1 atom stereocenters. The second-order valence-corrected chi connectivity index (χ2v) is 6.58. The molecule has 0 saturated carbocycles. The normalized spacial score (nSPS) is 16.0. The highest BCUT2D eigenvalue weighted by molar-refractivity contribution is 5.93. The number of piperidine rings is 1. The number of amides is 3. The standard InChI is InChI=1S/C19H21F2N3O3/c1-12(16-3-2-14(20)10-17(16)21)22-19(26)23-15-4-7-24(8-5-15)18(25)13-6-9-27-11-13/h2-3,6,9-12,15H,4-5,7-8H2,1H3,(H2,22,23,26). The molecular weight excluding hydrogens is 356 g/mol. The number of nitrogens with one attached hydrogen (secondary N) is 2. The Hall–Kier alpha value is -2.90. The molecule has 2 aromatic rings. The minimum absolute atomic E-state index is 0.0799. The van der Waals surface area contributed by atoms with E-state index in [0.29, 0.717) is 31.5 Å². The molecular formula is C19H21F2N3O3. The molecule has 8 heteroatoms. The number of benzene rings is 1. The number of furan rings is 1. The number of carbonyl (C=O) groups is 2.